The summed E-state index contributed by atoms with van der Waals surface area (Å²) in [6, 6.07) is 7.02. The predicted molar refractivity (Wildman–Crippen MR) is 171 cm³/mol. The minimum absolute atomic E-state index is 0.0327. The third-order valence-corrected chi connectivity index (χ3v) is 8.75. The fourth-order valence-corrected chi connectivity index (χ4v) is 6.22. The number of piperidine rings is 2. The maximum absolute atomic E-state index is 14.7. The minimum Gasteiger partial charge on any atom is -0.375 e. The van der Waals surface area contributed by atoms with Crippen LogP contribution >= 0.6 is 0 Å². The summed E-state index contributed by atoms with van der Waals surface area (Å²) < 4.78 is 21.0. The van der Waals surface area contributed by atoms with E-state index in [1.807, 2.05) is 0 Å². The van der Waals surface area contributed by atoms with Gasteiger partial charge in [0.05, 0.1) is 35.4 Å². The first kappa shape index (κ1) is 32.3. The second-order valence-corrected chi connectivity index (χ2v) is 11.8. The number of ether oxygens (including phenoxy) is 1. The maximum Gasteiger partial charge on any atom is 0.272 e. The molecule has 0 atom stereocenters. The number of allylic oxidation sites excluding steroid dienone is 3. The van der Waals surface area contributed by atoms with Crippen molar-refractivity contribution in [1.29, 1.82) is 0 Å². The standard InChI is InChI=1S/C34H41FN6O4/c1-3-6-25(22-31-28-7-4-5-8-29(28)33(43)38-37-31)21-30(24(2)35)34(44)41-19-17-40(18-20-41)32(42)23-39-15-11-27(12-16-39)45-26-9-13-36-14-10-26/h1,4-8,21,26-27,36H,2,9-20,22-23H2,(H,38,43)/b25-6?,30-21+. The number of likely N-dealkylation sites (tertiary alicyclic amines) is 1. The summed E-state index contributed by atoms with van der Waals surface area (Å²) in [6.07, 6.45) is 13.1. The average Bonchev–Trinajstić information content (AvgIpc) is 3.06. The van der Waals surface area contributed by atoms with Crippen LogP contribution in [0.5, 0.6) is 0 Å². The van der Waals surface area contributed by atoms with Crippen molar-refractivity contribution in [3.05, 3.63) is 76.0 Å². The first-order valence-electron chi connectivity index (χ1n) is 15.7. The zero-order chi connectivity index (χ0) is 31.8. The first-order valence-corrected chi connectivity index (χ1v) is 15.7. The van der Waals surface area contributed by atoms with Crippen molar-refractivity contribution in [3.63, 3.8) is 0 Å². The fourth-order valence-electron chi connectivity index (χ4n) is 6.22. The Bertz CT molecular complexity index is 1550. The molecule has 0 aliphatic carbocycles. The van der Waals surface area contributed by atoms with Crippen molar-refractivity contribution in [2.45, 2.75) is 44.3 Å². The number of amides is 2. The van der Waals surface area contributed by atoms with Crippen molar-refractivity contribution in [2.24, 2.45) is 0 Å². The highest BCUT2D eigenvalue weighted by atomic mass is 19.1. The van der Waals surface area contributed by atoms with Crippen LogP contribution in [-0.4, -0.2) is 108 Å². The van der Waals surface area contributed by atoms with Crippen molar-refractivity contribution in [3.8, 4) is 12.3 Å². The van der Waals surface area contributed by atoms with Crippen LogP contribution in [0, 0.1) is 12.3 Å². The normalized spacial score (nSPS) is 19.5. The van der Waals surface area contributed by atoms with Gasteiger partial charge in [-0.1, -0.05) is 30.7 Å². The summed E-state index contributed by atoms with van der Waals surface area (Å²) in [7, 11) is 0. The summed E-state index contributed by atoms with van der Waals surface area (Å²) in [4.78, 5) is 44.2. The summed E-state index contributed by atoms with van der Waals surface area (Å²) in [5.74, 6) is 1.07. The first-order chi connectivity index (χ1) is 21.8. The highest BCUT2D eigenvalue weighted by Gasteiger charge is 2.30. The lowest BCUT2D eigenvalue weighted by atomic mass is 10.0. The van der Waals surface area contributed by atoms with E-state index >= 15 is 0 Å². The summed E-state index contributed by atoms with van der Waals surface area (Å²) in [5, 5.41) is 11.1. The zero-order valence-electron chi connectivity index (χ0n) is 25.6. The van der Waals surface area contributed by atoms with E-state index in [1.165, 1.54) is 17.1 Å². The summed E-state index contributed by atoms with van der Waals surface area (Å²) in [5.41, 5.74) is 0.465. The SMILES string of the molecule is C#CC=C(/C=C(\C(=C)F)C(=O)N1CCN(C(=O)CN2CCC(OC3CCNCC3)CC2)CC1)Cc1n[nH]c(=O)c2ccccc12. The monoisotopic (exact) mass is 616 g/mol. The van der Waals surface area contributed by atoms with Gasteiger partial charge in [-0.05, 0) is 62.6 Å². The molecule has 0 bridgehead atoms. The van der Waals surface area contributed by atoms with Crippen LogP contribution in [0.1, 0.15) is 31.4 Å². The van der Waals surface area contributed by atoms with E-state index in [1.54, 1.807) is 29.2 Å². The zero-order valence-corrected chi connectivity index (χ0v) is 25.6. The molecule has 3 fully saturated rings. The van der Waals surface area contributed by atoms with Gasteiger partial charge in [-0.3, -0.25) is 19.3 Å². The smallest absolute Gasteiger partial charge is 0.272 e. The summed E-state index contributed by atoms with van der Waals surface area (Å²) >= 11 is 0. The number of halogens is 1. The number of rotatable bonds is 9. The van der Waals surface area contributed by atoms with Gasteiger partial charge in [-0.2, -0.15) is 5.10 Å². The van der Waals surface area contributed by atoms with Gasteiger partial charge in [0, 0.05) is 51.1 Å². The van der Waals surface area contributed by atoms with E-state index in [0.717, 1.165) is 51.9 Å². The minimum atomic E-state index is -0.881. The van der Waals surface area contributed by atoms with Gasteiger partial charge in [0.25, 0.3) is 11.5 Å². The molecule has 0 unspecified atom stereocenters. The van der Waals surface area contributed by atoms with Crippen LogP contribution in [0.15, 0.2) is 64.8 Å². The second kappa shape index (κ2) is 15.3. The van der Waals surface area contributed by atoms with Crippen molar-refractivity contribution in [2.75, 3.05) is 58.9 Å². The lowest BCUT2D eigenvalue weighted by molar-refractivity contribution is -0.139. The number of aromatic nitrogens is 2. The largest absolute Gasteiger partial charge is 0.375 e. The lowest BCUT2D eigenvalue weighted by Gasteiger charge is -2.38. The number of terminal acetylenes is 1. The quantitative estimate of drug-likeness (QED) is 0.253. The topological polar surface area (TPSA) is 111 Å². The van der Waals surface area contributed by atoms with Crippen LogP contribution in [0.3, 0.4) is 0 Å². The molecule has 1 aromatic heterocycles. The Balaban J connectivity index is 1.15. The molecule has 2 amide bonds. The molecular formula is C34H41FN6O4. The molecule has 4 heterocycles. The van der Waals surface area contributed by atoms with Gasteiger partial charge in [0.2, 0.25) is 5.91 Å². The Labute approximate surface area is 263 Å². The number of carbonyl (C=O) groups is 2. The predicted octanol–water partition coefficient (Wildman–Crippen LogP) is 2.34. The molecule has 3 aliphatic rings. The Morgan fingerprint density at radius 1 is 1.02 bits per heavy atom. The third kappa shape index (κ3) is 8.34. The highest BCUT2D eigenvalue weighted by Crippen LogP contribution is 2.22. The molecule has 0 spiro atoms. The number of benzene rings is 1. The molecule has 10 nitrogen and oxygen atoms in total. The molecule has 45 heavy (non-hydrogen) atoms. The second-order valence-electron chi connectivity index (χ2n) is 11.8. The highest BCUT2D eigenvalue weighted by molar-refractivity contribution is 5.98. The van der Waals surface area contributed by atoms with Crippen LogP contribution in [0.2, 0.25) is 0 Å². The van der Waals surface area contributed by atoms with Gasteiger partial charge < -0.3 is 19.9 Å². The molecule has 11 heteroatoms. The van der Waals surface area contributed by atoms with Crippen molar-refractivity contribution >= 4 is 22.6 Å². The molecular weight excluding hydrogens is 575 g/mol. The Hall–Kier alpha value is -4.11. The van der Waals surface area contributed by atoms with E-state index in [2.05, 4.69) is 32.9 Å². The van der Waals surface area contributed by atoms with Crippen molar-refractivity contribution in [1.82, 2.24) is 30.2 Å². The number of hydrogen-bond acceptors (Lipinski definition) is 7. The number of nitrogens with zero attached hydrogens (tertiary/aromatic N) is 4. The Morgan fingerprint density at radius 2 is 1.67 bits per heavy atom. The van der Waals surface area contributed by atoms with Crippen LogP contribution < -0.4 is 10.9 Å². The van der Waals surface area contributed by atoms with Gasteiger partial charge >= 0.3 is 0 Å². The number of fused-ring (bicyclic) bond motifs is 1. The van der Waals surface area contributed by atoms with Crippen molar-refractivity contribution < 1.29 is 18.7 Å². The number of hydrogen-bond donors (Lipinski definition) is 2. The van der Waals surface area contributed by atoms with Crippen LogP contribution in [-0.2, 0) is 20.7 Å². The molecule has 3 saturated heterocycles. The van der Waals surface area contributed by atoms with E-state index in [0.29, 0.717) is 47.8 Å². The van der Waals surface area contributed by atoms with Gasteiger partial charge in [0.1, 0.15) is 5.83 Å². The molecule has 5 rings (SSSR count). The van der Waals surface area contributed by atoms with Gasteiger partial charge in [-0.25, -0.2) is 9.49 Å². The van der Waals surface area contributed by atoms with Crippen LogP contribution in [0.4, 0.5) is 4.39 Å². The van der Waals surface area contributed by atoms with Crippen LogP contribution in [0.25, 0.3) is 10.8 Å². The lowest BCUT2D eigenvalue weighted by Crippen LogP contribution is -2.53. The number of aromatic amines is 1. The summed E-state index contributed by atoms with van der Waals surface area (Å²) in [6.45, 7) is 8.69. The Morgan fingerprint density at radius 3 is 2.33 bits per heavy atom. The van der Waals surface area contributed by atoms with Gasteiger partial charge in [0.15, 0.2) is 0 Å². The average molecular weight is 617 g/mol. The Kier molecular flexibility index (Phi) is 10.9. The van der Waals surface area contributed by atoms with E-state index in [4.69, 9.17) is 11.2 Å². The van der Waals surface area contributed by atoms with E-state index in [-0.39, 0.29) is 42.7 Å². The number of piperazine rings is 1. The molecule has 0 radical (unpaired) electrons. The molecule has 238 valence electrons. The van der Waals surface area contributed by atoms with Gasteiger partial charge in [-0.15, -0.1) is 6.42 Å². The van der Waals surface area contributed by atoms with E-state index < -0.39 is 11.7 Å². The molecule has 3 aliphatic heterocycles. The molecule has 0 saturated carbocycles. The molecule has 2 aromatic rings. The third-order valence-electron chi connectivity index (χ3n) is 8.75. The number of nitrogens with one attached hydrogen (secondary N) is 2. The molecule has 2 N–H and O–H groups in total. The fraction of sp³-hybridized carbons (Fsp3) is 0.471. The maximum atomic E-state index is 14.7. The number of H-pyrrole nitrogens is 1. The number of carbonyl (C=O) groups excluding carboxylic acids is 2. The molecule has 1 aromatic carbocycles. The van der Waals surface area contributed by atoms with E-state index in [9.17, 15) is 18.8 Å².